The van der Waals surface area contributed by atoms with Crippen LogP contribution < -0.4 is 11.1 Å². The summed E-state index contributed by atoms with van der Waals surface area (Å²) < 4.78 is 5.25. The van der Waals surface area contributed by atoms with Crippen LogP contribution in [0.5, 0.6) is 0 Å². The molecule has 2 rings (SSSR count). The van der Waals surface area contributed by atoms with E-state index in [0.29, 0.717) is 19.8 Å². The summed E-state index contributed by atoms with van der Waals surface area (Å²) in [7, 11) is 0. The number of amides is 1. The van der Waals surface area contributed by atoms with Crippen LogP contribution in [0, 0.1) is 5.41 Å². The first-order valence-electron chi connectivity index (χ1n) is 5.27. The zero-order valence-corrected chi connectivity index (χ0v) is 10.0. The summed E-state index contributed by atoms with van der Waals surface area (Å²) >= 11 is 1.63. The zero-order chi connectivity index (χ0) is 11.6. The highest BCUT2D eigenvalue weighted by Crippen LogP contribution is 2.27. The van der Waals surface area contributed by atoms with Gasteiger partial charge < -0.3 is 15.8 Å². The van der Waals surface area contributed by atoms with E-state index in [1.165, 1.54) is 0 Å². The number of carbonyl (C=O) groups is 1. The lowest BCUT2D eigenvalue weighted by molar-refractivity contribution is -0.130. The summed E-state index contributed by atoms with van der Waals surface area (Å²) in [6.45, 7) is 3.29. The third-order valence-corrected chi connectivity index (χ3v) is 3.92. The molecule has 0 aromatic carbocycles. The molecular formula is C11H16N2O2S. The topological polar surface area (TPSA) is 64.3 Å². The van der Waals surface area contributed by atoms with Gasteiger partial charge in [0.2, 0.25) is 5.91 Å². The number of carbonyl (C=O) groups excluding carboxylic acids is 1. The first-order valence-corrected chi connectivity index (χ1v) is 6.15. The average molecular weight is 240 g/mol. The van der Waals surface area contributed by atoms with Gasteiger partial charge in [0.25, 0.3) is 0 Å². The smallest absolute Gasteiger partial charge is 0.230 e. The molecule has 1 aromatic rings. The van der Waals surface area contributed by atoms with E-state index in [-0.39, 0.29) is 11.9 Å². The summed E-state index contributed by atoms with van der Waals surface area (Å²) in [5.74, 6) is -0.0223. The van der Waals surface area contributed by atoms with Crippen molar-refractivity contribution >= 4 is 17.2 Å². The Kier molecular flexibility index (Phi) is 3.28. The molecule has 1 saturated heterocycles. The number of ether oxygens (including phenoxy) is 1. The van der Waals surface area contributed by atoms with E-state index in [9.17, 15) is 4.79 Å². The predicted octanol–water partition coefficient (Wildman–Crippen LogP) is 0.728. The molecule has 1 aromatic heterocycles. The highest BCUT2D eigenvalue weighted by atomic mass is 32.1. The van der Waals surface area contributed by atoms with E-state index in [4.69, 9.17) is 10.5 Å². The summed E-state index contributed by atoms with van der Waals surface area (Å²) in [6, 6.07) is 3.76. The fourth-order valence-electron chi connectivity index (χ4n) is 1.71. The molecule has 2 heterocycles. The van der Waals surface area contributed by atoms with Crippen molar-refractivity contribution in [3.63, 3.8) is 0 Å². The first-order chi connectivity index (χ1) is 7.63. The fraction of sp³-hybridized carbons (Fsp3) is 0.545. The van der Waals surface area contributed by atoms with Gasteiger partial charge in [0.1, 0.15) is 0 Å². The Labute approximate surface area is 98.8 Å². The second kappa shape index (κ2) is 4.53. The molecule has 5 heteroatoms. The lowest BCUT2D eigenvalue weighted by Crippen LogP contribution is -2.49. The molecule has 2 atom stereocenters. The lowest BCUT2D eigenvalue weighted by atomic mass is 9.85. The van der Waals surface area contributed by atoms with Crippen LogP contribution in [0.3, 0.4) is 0 Å². The average Bonchev–Trinajstić information content (AvgIpc) is 2.87. The molecule has 3 N–H and O–H groups in total. The van der Waals surface area contributed by atoms with Crippen molar-refractivity contribution in [2.45, 2.75) is 19.5 Å². The number of nitrogens with one attached hydrogen (secondary N) is 1. The van der Waals surface area contributed by atoms with Crippen LogP contribution in [-0.2, 0) is 16.1 Å². The molecular weight excluding hydrogens is 224 g/mol. The van der Waals surface area contributed by atoms with Gasteiger partial charge in [-0.2, -0.15) is 0 Å². The SMILES string of the molecule is CC1(C(=O)NCc2cccs2)COCC1N. The van der Waals surface area contributed by atoms with Crippen molar-refractivity contribution in [1.82, 2.24) is 5.32 Å². The Morgan fingerprint density at radius 2 is 2.62 bits per heavy atom. The van der Waals surface area contributed by atoms with E-state index in [2.05, 4.69) is 5.32 Å². The van der Waals surface area contributed by atoms with E-state index < -0.39 is 5.41 Å². The van der Waals surface area contributed by atoms with Gasteiger partial charge in [0.15, 0.2) is 0 Å². The summed E-state index contributed by atoms with van der Waals surface area (Å²) in [5, 5.41) is 4.90. The van der Waals surface area contributed by atoms with Crippen molar-refractivity contribution in [1.29, 1.82) is 0 Å². The standard InChI is InChI=1S/C11H16N2O2S/c1-11(7-15-6-9(11)12)10(14)13-5-8-3-2-4-16-8/h2-4,9H,5-7,12H2,1H3,(H,13,14). The third-order valence-electron chi connectivity index (χ3n) is 3.04. The van der Waals surface area contributed by atoms with Crippen molar-refractivity contribution in [3.05, 3.63) is 22.4 Å². The molecule has 0 bridgehead atoms. The quantitative estimate of drug-likeness (QED) is 0.818. The fourth-order valence-corrected chi connectivity index (χ4v) is 2.35. The number of nitrogens with two attached hydrogens (primary N) is 1. The van der Waals surface area contributed by atoms with Crippen LogP contribution in [0.15, 0.2) is 17.5 Å². The Hall–Kier alpha value is -0.910. The van der Waals surface area contributed by atoms with Crippen LogP contribution in [0.2, 0.25) is 0 Å². The van der Waals surface area contributed by atoms with Crippen LogP contribution in [-0.4, -0.2) is 25.2 Å². The van der Waals surface area contributed by atoms with Gasteiger partial charge in [-0.15, -0.1) is 11.3 Å². The highest BCUT2D eigenvalue weighted by molar-refractivity contribution is 7.09. The Morgan fingerprint density at radius 3 is 3.19 bits per heavy atom. The minimum atomic E-state index is -0.586. The van der Waals surface area contributed by atoms with Crippen LogP contribution in [0.4, 0.5) is 0 Å². The monoisotopic (exact) mass is 240 g/mol. The van der Waals surface area contributed by atoms with E-state index in [0.717, 1.165) is 4.88 Å². The van der Waals surface area contributed by atoms with E-state index in [1.54, 1.807) is 11.3 Å². The van der Waals surface area contributed by atoms with Crippen LogP contribution >= 0.6 is 11.3 Å². The zero-order valence-electron chi connectivity index (χ0n) is 9.23. The number of rotatable bonds is 3. The van der Waals surface area contributed by atoms with E-state index in [1.807, 2.05) is 24.4 Å². The molecule has 0 saturated carbocycles. The van der Waals surface area contributed by atoms with Gasteiger partial charge >= 0.3 is 0 Å². The number of hydrogen-bond donors (Lipinski definition) is 2. The molecule has 1 amide bonds. The molecule has 1 aliphatic heterocycles. The summed E-state index contributed by atoms with van der Waals surface area (Å²) in [4.78, 5) is 13.1. The molecule has 4 nitrogen and oxygen atoms in total. The molecule has 0 spiro atoms. The van der Waals surface area contributed by atoms with Crippen molar-refractivity contribution < 1.29 is 9.53 Å². The second-order valence-corrected chi connectivity index (χ2v) is 5.33. The van der Waals surface area contributed by atoms with Gasteiger partial charge in [-0.3, -0.25) is 4.79 Å². The predicted molar refractivity (Wildman–Crippen MR) is 63.1 cm³/mol. The van der Waals surface area contributed by atoms with Crippen LogP contribution in [0.1, 0.15) is 11.8 Å². The lowest BCUT2D eigenvalue weighted by Gasteiger charge is -2.25. The first kappa shape index (κ1) is 11.6. The molecule has 0 radical (unpaired) electrons. The minimum Gasteiger partial charge on any atom is -0.379 e. The summed E-state index contributed by atoms with van der Waals surface area (Å²) in [5.41, 5.74) is 5.29. The normalized spacial score (nSPS) is 29.2. The maximum absolute atomic E-state index is 12.0. The maximum atomic E-state index is 12.0. The van der Waals surface area contributed by atoms with Gasteiger partial charge in [-0.05, 0) is 18.4 Å². The Morgan fingerprint density at radius 1 is 1.81 bits per heavy atom. The molecule has 1 fully saturated rings. The van der Waals surface area contributed by atoms with E-state index >= 15 is 0 Å². The van der Waals surface area contributed by atoms with Crippen molar-refractivity contribution in [3.8, 4) is 0 Å². The number of thiophene rings is 1. The number of hydrogen-bond acceptors (Lipinski definition) is 4. The Balaban J connectivity index is 1.93. The largest absolute Gasteiger partial charge is 0.379 e. The van der Waals surface area contributed by atoms with Crippen molar-refractivity contribution in [2.24, 2.45) is 11.1 Å². The van der Waals surface area contributed by atoms with Gasteiger partial charge in [0.05, 0.1) is 25.2 Å². The molecule has 0 aliphatic carbocycles. The van der Waals surface area contributed by atoms with Crippen molar-refractivity contribution in [2.75, 3.05) is 13.2 Å². The maximum Gasteiger partial charge on any atom is 0.230 e. The highest BCUT2D eigenvalue weighted by Gasteiger charge is 2.44. The van der Waals surface area contributed by atoms with Gasteiger partial charge in [0, 0.05) is 10.9 Å². The minimum absolute atomic E-state index is 0.0223. The third kappa shape index (κ3) is 2.11. The molecule has 88 valence electrons. The molecule has 16 heavy (non-hydrogen) atoms. The molecule has 2 unspecified atom stereocenters. The van der Waals surface area contributed by atoms with Gasteiger partial charge in [-0.1, -0.05) is 6.07 Å². The second-order valence-electron chi connectivity index (χ2n) is 4.30. The molecule has 1 aliphatic rings. The van der Waals surface area contributed by atoms with Gasteiger partial charge in [-0.25, -0.2) is 0 Å². The van der Waals surface area contributed by atoms with Crippen LogP contribution in [0.25, 0.3) is 0 Å². The summed E-state index contributed by atoms with van der Waals surface area (Å²) in [6.07, 6.45) is 0. The Bertz CT molecular complexity index is 366.